The van der Waals surface area contributed by atoms with Crippen molar-refractivity contribution >= 4 is 9.84 Å². The van der Waals surface area contributed by atoms with Gasteiger partial charge in [0.15, 0.2) is 0 Å². The van der Waals surface area contributed by atoms with E-state index in [-0.39, 0.29) is 15.9 Å². The predicted octanol–water partition coefficient (Wildman–Crippen LogP) is 3.41. The summed E-state index contributed by atoms with van der Waals surface area (Å²) >= 11 is 0. The summed E-state index contributed by atoms with van der Waals surface area (Å²) in [5, 5.41) is 0. The van der Waals surface area contributed by atoms with E-state index in [1.807, 2.05) is 13.8 Å². The van der Waals surface area contributed by atoms with Gasteiger partial charge in [-0.05, 0) is 38.1 Å². The first-order valence-electron chi connectivity index (χ1n) is 6.31. The summed E-state index contributed by atoms with van der Waals surface area (Å²) in [5.41, 5.74) is 0. The van der Waals surface area contributed by atoms with E-state index < -0.39 is 9.84 Å². The number of fused-ring (bicyclic) bond motifs is 2. The number of hydrogen-bond donors (Lipinski definition) is 0. The smallest absolute Gasteiger partial charge is 0.213 e. The van der Waals surface area contributed by atoms with Crippen LogP contribution in [-0.4, -0.2) is 14.5 Å². The molecule has 0 N–H and O–H groups in total. The predicted molar refractivity (Wildman–Crippen MR) is 74.2 cm³/mol. The molecular formula is C15H14O4S. The van der Waals surface area contributed by atoms with Crippen LogP contribution >= 0.6 is 0 Å². The molecule has 0 amide bonds. The van der Waals surface area contributed by atoms with Gasteiger partial charge < -0.3 is 9.47 Å². The fourth-order valence-electron chi connectivity index (χ4n) is 2.13. The van der Waals surface area contributed by atoms with E-state index in [0.29, 0.717) is 17.2 Å². The minimum atomic E-state index is -3.53. The van der Waals surface area contributed by atoms with Gasteiger partial charge >= 0.3 is 0 Å². The van der Waals surface area contributed by atoms with Crippen molar-refractivity contribution in [2.75, 3.05) is 0 Å². The van der Waals surface area contributed by atoms with Gasteiger partial charge in [0.2, 0.25) is 9.84 Å². The topological polar surface area (TPSA) is 52.6 Å². The number of para-hydroxylation sites is 1. The molecule has 0 unspecified atom stereocenters. The first-order chi connectivity index (χ1) is 9.48. The lowest BCUT2D eigenvalue weighted by Gasteiger charge is -2.21. The van der Waals surface area contributed by atoms with E-state index in [9.17, 15) is 8.42 Å². The number of hydrogen-bond acceptors (Lipinski definition) is 4. The zero-order valence-corrected chi connectivity index (χ0v) is 12.0. The zero-order chi connectivity index (χ0) is 14.3. The largest absolute Gasteiger partial charge is 0.491 e. The van der Waals surface area contributed by atoms with Gasteiger partial charge in [0.05, 0.1) is 6.10 Å². The van der Waals surface area contributed by atoms with Gasteiger partial charge in [0.25, 0.3) is 0 Å². The van der Waals surface area contributed by atoms with Crippen LogP contribution < -0.4 is 9.47 Å². The molecule has 1 aliphatic rings. The second-order valence-corrected chi connectivity index (χ2v) is 6.71. The van der Waals surface area contributed by atoms with Crippen molar-refractivity contribution in [3.63, 3.8) is 0 Å². The van der Waals surface area contributed by atoms with Crippen LogP contribution in [0.1, 0.15) is 13.8 Å². The van der Waals surface area contributed by atoms with Gasteiger partial charge in [-0.1, -0.05) is 12.1 Å². The summed E-state index contributed by atoms with van der Waals surface area (Å²) in [6.07, 6.45) is 0.0144. The van der Waals surface area contributed by atoms with Crippen molar-refractivity contribution in [3.8, 4) is 17.2 Å². The summed E-state index contributed by atoms with van der Waals surface area (Å²) < 4.78 is 36.3. The minimum Gasteiger partial charge on any atom is -0.491 e. The summed E-state index contributed by atoms with van der Waals surface area (Å²) in [6.45, 7) is 3.82. The van der Waals surface area contributed by atoms with Crippen molar-refractivity contribution in [1.82, 2.24) is 0 Å². The van der Waals surface area contributed by atoms with Gasteiger partial charge in [-0.25, -0.2) is 8.42 Å². The molecular weight excluding hydrogens is 276 g/mol. The third-order valence-corrected chi connectivity index (χ3v) is 4.77. The van der Waals surface area contributed by atoms with Crippen LogP contribution in [0.3, 0.4) is 0 Å². The van der Waals surface area contributed by atoms with E-state index in [0.717, 1.165) is 0 Å². The lowest BCUT2D eigenvalue weighted by Crippen LogP contribution is -2.12. The van der Waals surface area contributed by atoms with Crippen molar-refractivity contribution in [2.45, 2.75) is 29.7 Å². The molecule has 2 aromatic rings. The van der Waals surface area contributed by atoms with E-state index in [4.69, 9.17) is 9.47 Å². The maximum absolute atomic E-state index is 12.5. The molecule has 104 valence electrons. The lowest BCUT2D eigenvalue weighted by molar-refractivity contribution is 0.241. The van der Waals surface area contributed by atoms with Crippen LogP contribution in [-0.2, 0) is 9.84 Å². The molecule has 0 aliphatic carbocycles. The van der Waals surface area contributed by atoms with Gasteiger partial charge in [0.1, 0.15) is 27.0 Å². The quantitative estimate of drug-likeness (QED) is 0.725. The minimum absolute atomic E-state index is 0.0144. The number of rotatable bonds is 2. The molecule has 0 fully saturated rings. The Labute approximate surface area is 117 Å². The Hall–Kier alpha value is -2.01. The number of ether oxygens (including phenoxy) is 2. The van der Waals surface area contributed by atoms with Crippen LogP contribution in [0, 0.1) is 0 Å². The van der Waals surface area contributed by atoms with E-state index in [1.54, 1.807) is 36.4 Å². The second-order valence-electron chi connectivity index (χ2n) is 4.83. The second kappa shape index (κ2) is 4.52. The molecule has 0 saturated heterocycles. The Kier molecular flexibility index (Phi) is 2.94. The molecule has 0 radical (unpaired) electrons. The van der Waals surface area contributed by atoms with Gasteiger partial charge in [-0.3, -0.25) is 0 Å². The highest BCUT2D eigenvalue weighted by molar-refractivity contribution is 7.91. The Morgan fingerprint density at radius 3 is 2.45 bits per heavy atom. The fourth-order valence-corrected chi connectivity index (χ4v) is 3.61. The number of sulfone groups is 1. The van der Waals surface area contributed by atoms with Gasteiger partial charge in [-0.15, -0.1) is 0 Å². The first-order valence-corrected chi connectivity index (χ1v) is 7.79. The van der Waals surface area contributed by atoms with Crippen molar-refractivity contribution in [3.05, 3.63) is 42.5 Å². The SMILES string of the molecule is CC(C)Oc1ccc2c(c1)Oc1ccccc1S2(=O)=O. The average Bonchev–Trinajstić information content (AvgIpc) is 2.37. The van der Waals surface area contributed by atoms with Crippen LogP contribution in [0.4, 0.5) is 0 Å². The zero-order valence-electron chi connectivity index (χ0n) is 11.2. The Morgan fingerprint density at radius 2 is 1.70 bits per heavy atom. The van der Waals surface area contributed by atoms with Crippen molar-refractivity contribution in [1.29, 1.82) is 0 Å². The monoisotopic (exact) mass is 290 g/mol. The maximum atomic E-state index is 12.5. The molecule has 0 aromatic heterocycles. The highest BCUT2D eigenvalue weighted by atomic mass is 32.2. The van der Waals surface area contributed by atoms with Crippen LogP contribution in [0.25, 0.3) is 0 Å². The van der Waals surface area contributed by atoms with Gasteiger partial charge in [-0.2, -0.15) is 0 Å². The van der Waals surface area contributed by atoms with Gasteiger partial charge in [0, 0.05) is 6.07 Å². The highest BCUT2D eigenvalue weighted by Gasteiger charge is 2.31. The standard InChI is InChI=1S/C15H14O4S/c1-10(2)18-11-7-8-15-13(9-11)19-12-5-3-4-6-14(12)20(15,16)17/h3-10H,1-2H3. The Morgan fingerprint density at radius 1 is 1.00 bits per heavy atom. The van der Waals surface area contributed by atoms with Crippen LogP contribution in [0.15, 0.2) is 52.3 Å². The van der Waals surface area contributed by atoms with E-state index >= 15 is 0 Å². The third kappa shape index (κ3) is 2.04. The fraction of sp³-hybridized carbons (Fsp3) is 0.200. The summed E-state index contributed by atoms with van der Waals surface area (Å²) in [6, 6.07) is 11.4. The van der Waals surface area contributed by atoms with Crippen LogP contribution in [0.5, 0.6) is 17.2 Å². The van der Waals surface area contributed by atoms with Crippen molar-refractivity contribution < 1.29 is 17.9 Å². The summed E-state index contributed by atoms with van der Waals surface area (Å²) in [7, 11) is -3.53. The van der Waals surface area contributed by atoms with Crippen molar-refractivity contribution in [2.24, 2.45) is 0 Å². The molecule has 0 bridgehead atoms. The average molecular weight is 290 g/mol. The normalized spacial score (nSPS) is 15.2. The molecule has 5 heteroatoms. The third-order valence-electron chi connectivity index (χ3n) is 2.94. The highest BCUT2D eigenvalue weighted by Crippen LogP contribution is 2.43. The summed E-state index contributed by atoms with van der Waals surface area (Å²) in [5.74, 6) is 1.25. The lowest BCUT2D eigenvalue weighted by atomic mass is 10.3. The Balaban J connectivity index is 2.13. The molecule has 0 saturated carbocycles. The molecule has 4 nitrogen and oxygen atoms in total. The number of benzene rings is 2. The van der Waals surface area contributed by atoms with E-state index in [1.165, 1.54) is 6.07 Å². The first kappa shape index (κ1) is 13.0. The Bertz CT molecular complexity index is 763. The van der Waals surface area contributed by atoms with Crippen LogP contribution in [0.2, 0.25) is 0 Å². The molecule has 0 atom stereocenters. The molecule has 3 rings (SSSR count). The maximum Gasteiger partial charge on any atom is 0.213 e. The molecule has 0 spiro atoms. The molecule has 2 aromatic carbocycles. The molecule has 20 heavy (non-hydrogen) atoms. The molecule has 1 aliphatic heterocycles. The molecule has 1 heterocycles. The van der Waals surface area contributed by atoms with E-state index in [2.05, 4.69) is 0 Å². The summed E-state index contributed by atoms with van der Waals surface area (Å²) in [4.78, 5) is 0.373.